The Bertz CT molecular complexity index is 740. The average Bonchev–Trinajstić information content (AvgIpc) is 3.43. The number of rotatable bonds is 7. The molecule has 1 saturated heterocycles. The number of hydrogen-bond acceptors (Lipinski definition) is 5. The molecule has 0 spiro atoms. The zero-order valence-corrected chi connectivity index (χ0v) is 16.8. The standard InChI is InChI=1S/C21H29FN4O3/c1-13(27)23-9-21(28)25-18-6-15-10-26(20-5-4-17(22)8-24-20)11-16(15)7-19(18)29-12-14-2-3-14/h4-5,8,14-16,18-19H,2-3,6-7,9-12H2,1H3,(H,23,27)(H,25,28)/t15-,16+,18-,19-/m0/s1. The fourth-order valence-corrected chi connectivity index (χ4v) is 4.50. The SMILES string of the molecule is CC(=O)NCC(=O)N[C@H]1C[C@H]2CN(c3ccc(F)cn3)C[C@H]2C[C@@H]1OCC1CC1. The summed E-state index contributed by atoms with van der Waals surface area (Å²) in [6, 6.07) is 3.11. The van der Waals surface area contributed by atoms with E-state index in [1.54, 1.807) is 6.07 Å². The van der Waals surface area contributed by atoms with Crippen LogP contribution in [0.3, 0.4) is 0 Å². The minimum atomic E-state index is -0.333. The Hall–Kier alpha value is -2.22. The Morgan fingerprint density at radius 2 is 2.00 bits per heavy atom. The van der Waals surface area contributed by atoms with Crippen LogP contribution in [-0.2, 0) is 14.3 Å². The summed E-state index contributed by atoms with van der Waals surface area (Å²) >= 11 is 0. The highest BCUT2D eigenvalue weighted by Crippen LogP contribution is 2.40. The summed E-state index contributed by atoms with van der Waals surface area (Å²) in [5.41, 5.74) is 0. The van der Waals surface area contributed by atoms with Crippen LogP contribution < -0.4 is 15.5 Å². The van der Waals surface area contributed by atoms with Gasteiger partial charge in [0.2, 0.25) is 11.8 Å². The van der Waals surface area contributed by atoms with Gasteiger partial charge in [0.25, 0.3) is 0 Å². The number of halogens is 1. The number of ether oxygens (including phenoxy) is 1. The number of nitrogens with zero attached hydrogens (tertiary/aromatic N) is 2. The van der Waals surface area contributed by atoms with Crippen molar-refractivity contribution < 1.29 is 18.7 Å². The van der Waals surface area contributed by atoms with E-state index < -0.39 is 0 Å². The van der Waals surface area contributed by atoms with Gasteiger partial charge in [-0.25, -0.2) is 9.37 Å². The molecule has 0 bridgehead atoms. The average molecular weight is 404 g/mol. The molecule has 0 aromatic carbocycles. The van der Waals surface area contributed by atoms with Crippen molar-refractivity contribution >= 4 is 17.6 Å². The highest BCUT2D eigenvalue weighted by molar-refractivity contribution is 5.83. The molecule has 29 heavy (non-hydrogen) atoms. The fraction of sp³-hybridized carbons (Fsp3) is 0.667. The molecule has 2 aliphatic carbocycles. The summed E-state index contributed by atoms with van der Waals surface area (Å²) in [4.78, 5) is 29.8. The molecule has 1 aromatic heterocycles. The monoisotopic (exact) mass is 404 g/mol. The number of anilines is 1. The van der Waals surface area contributed by atoms with Gasteiger partial charge in [0.05, 0.1) is 24.9 Å². The summed E-state index contributed by atoms with van der Waals surface area (Å²) in [6.07, 6.45) is 5.41. The number of carbonyl (C=O) groups is 2. The number of hydrogen-bond donors (Lipinski definition) is 2. The molecule has 4 atom stereocenters. The lowest BCUT2D eigenvalue weighted by Gasteiger charge is -2.38. The minimum Gasteiger partial charge on any atom is -0.376 e. The first kappa shape index (κ1) is 20.1. The topological polar surface area (TPSA) is 83.6 Å². The van der Waals surface area contributed by atoms with Crippen LogP contribution in [-0.4, -0.2) is 55.2 Å². The second-order valence-corrected chi connectivity index (χ2v) is 8.63. The van der Waals surface area contributed by atoms with Crippen LogP contribution in [0.2, 0.25) is 0 Å². The maximum absolute atomic E-state index is 13.2. The van der Waals surface area contributed by atoms with Crippen molar-refractivity contribution in [2.45, 2.75) is 44.8 Å². The molecule has 3 fully saturated rings. The van der Waals surface area contributed by atoms with E-state index in [0.29, 0.717) is 17.8 Å². The summed E-state index contributed by atoms with van der Waals surface area (Å²) in [5, 5.41) is 5.63. The molecule has 2 N–H and O–H groups in total. The van der Waals surface area contributed by atoms with E-state index in [-0.39, 0.29) is 36.3 Å². The third kappa shape index (κ3) is 5.23. The first-order chi connectivity index (χ1) is 14.0. The van der Waals surface area contributed by atoms with Crippen molar-refractivity contribution in [1.29, 1.82) is 0 Å². The van der Waals surface area contributed by atoms with Gasteiger partial charge in [0.15, 0.2) is 0 Å². The van der Waals surface area contributed by atoms with E-state index in [4.69, 9.17) is 4.74 Å². The molecule has 4 rings (SSSR count). The molecule has 7 nitrogen and oxygen atoms in total. The van der Waals surface area contributed by atoms with Crippen LogP contribution >= 0.6 is 0 Å². The fourth-order valence-electron chi connectivity index (χ4n) is 4.50. The molecule has 158 valence electrons. The van der Waals surface area contributed by atoms with Crippen molar-refractivity contribution in [3.05, 3.63) is 24.1 Å². The Labute approximate surface area is 170 Å². The number of aromatic nitrogens is 1. The van der Waals surface area contributed by atoms with E-state index in [1.807, 2.05) is 0 Å². The highest BCUT2D eigenvalue weighted by atomic mass is 19.1. The normalized spacial score (nSPS) is 28.7. The minimum absolute atomic E-state index is 0.0130. The molecule has 2 amide bonds. The van der Waals surface area contributed by atoms with Crippen molar-refractivity contribution in [3.63, 3.8) is 0 Å². The van der Waals surface area contributed by atoms with Crippen molar-refractivity contribution in [2.24, 2.45) is 17.8 Å². The molecular formula is C21H29FN4O3. The molecule has 2 heterocycles. The largest absolute Gasteiger partial charge is 0.376 e. The third-order valence-corrected chi connectivity index (χ3v) is 6.24. The lowest BCUT2D eigenvalue weighted by molar-refractivity contribution is -0.127. The highest BCUT2D eigenvalue weighted by Gasteiger charge is 2.44. The van der Waals surface area contributed by atoms with Crippen molar-refractivity contribution in [2.75, 3.05) is 31.1 Å². The summed E-state index contributed by atoms with van der Waals surface area (Å²) in [6.45, 7) is 3.86. The van der Waals surface area contributed by atoms with Crippen LogP contribution in [0.25, 0.3) is 0 Å². The summed E-state index contributed by atoms with van der Waals surface area (Å²) in [5.74, 6) is 1.61. The molecule has 2 saturated carbocycles. The number of fused-ring (bicyclic) bond motifs is 1. The zero-order valence-electron chi connectivity index (χ0n) is 16.8. The summed E-state index contributed by atoms with van der Waals surface area (Å²) < 4.78 is 19.4. The Balaban J connectivity index is 1.39. The first-order valence-electron chi connectivity index (χ1n) is 10.5. The Morgan fingerprint density at radius 3 is 2.66 bits per heavy atom. The number of pyridine rings is 1. The van der Waals surface area contributed by atoms with Gasteiger partial charge in [-0.05, 0) is 55.6 Å². The van der Waals surface area contributed by atoms with Gasteiger partial charge < -0.3 is 20.3 Å². The quantitative estimate of drug-likeness (QED) is 0.719. The van der Waals surface area contributed by atoms with Crippen LogP contribution in [0.4, 0.5) is 10.2 Å². The number of nitrogens with one attached hydrogen (secondary N) is 2. The van der Waals surface area contributed by atoms with Gasteiger partial charge in [0, 0.05) is 26.6 Å². The van der Waals surface area contributed by atoms with E-state index >= 15 is 0 Å². The lowest BCUT2D eigenvalue weighted by Crippen LogP contribution is -2.52. The molecule has 0 unspecified atom stereocenters. The van der Waals surface area contributed by atoms with Gasteiger partial charge in [-0.2, -0.15) is 0 Å². The number of amides is 2. The summed E-state index contributed by atoms with van der Waals surface area (Å²) in [7, 11) is 0. The molecule has 0 radical (unpaired) electrons. The first-order valence-corrected chi connectivity index (χ1v) is 10.5. The molecule has 1 aliphatic heterocycles. The van der Waals surface area contributed by atoms with Crippen molar-refractivity contribution in [3.8, 4) is 0 Å². The van der Waals surface area contributed by atoms with Crippen LogP contribution in [0.15, 0.2) is 18.3 Å². The Kier molecular flexibility index (Phi) is 5.99. The maximum atomic E-state index is 13.2. The lowest BCUT2D eigenvalue weighted by atomic mass is 9.77. The predicted octanol–water partition coefficient (Wildman–Crippen LogP) is 1.48. The van der Waals surface area contributed by atoms with Crippen LogP contribution in [0, 0.1) is 23.6 Å². The van der Waals surface area contributed by atoms with E-state index in [2.05, 4.69) is 20.5 Å². The van der Waals surface area contributed by atoms with Gasteiger partial charge in [-0.1, -0.05) is 0 Å². The zero-order chi connectivity index (χ0) is 20.4. The second kappa shape index (κ2) is 8.65. The molecule has 1 aromatic rings. The third-order valence-electron chi connectivity index (χ3n) is 6.24. The molecular weight excluding hydrogens is 375 g/mol. The van der Waals surface area contributed by atoms with Gasteiger partial charge in [0.1, 0.15) is 11.6 Å². The van der Waals surface area contributed by atoms with Crippen LogP contribution in [0.1, 0.15) is 32.6 Å². The van der Waals surface area contributed by atoms with E-state index in [1.165, 1.54) is 32.0 Å². The van der Waals surface area contributed by atoms with E-state index in [9.17, 15) is 14.0 Å². The molecule has 3 aliphatic rings. The van der Waals surface area contributed by atoms with Gasteiger partial charge in [-0.15, -0.1) is 0 Å². The van der Waals surface area contributed by atoms with E-state index in [0.717, 1.165) is 38.4 Å². The Morgan fingerprint density at radius 1 is 1.24 bits per heavy atom. The maximum Gasteiger partial charge on any atom is 0.239 e. The predicted molar refractivity (Wildman–Crippen MR) is 106 cm³/mol. The van der Waals surface area contributed by atoms with Crippen molar-refractivity contribution in [1.82, 2.24) is 15.6 Å². The van der Waals surface area contributed by atoms with Crippen LogP contribution in [0.5, 0.6) is 0 Å². The van der Waals surface area contributed by atoms with Gasteiger partial charge in [-0.3, -0.25) is 9.59 Å². The second-order valence-electron chi connectivity index (χ2n) is 8.63. The number of carbonyl (C=O) groups excluding carboxylic acids is 2. The molecule has 8 heteroatoms. The smallest absolute Gasteiger partial charge is 0.239 e. The van der Waals surface area contributed by atoms with Gasteiger partial charge >= 0.3 is 0 Å².